The Morgan fingerprint density at radius 1 is 1.00 bits per heavy atom. The van der Waals surface area contributed by atoms with Crippen molar-refractivity contribution in [1.29, 1.82) is 0 Å². The van der Waals surface area contributed by atoms with Crippen LogP contribution in [-0.2, 0) is 20.0 Å². The van der Waals surface area contributed by atoms with E-state index in [4.69, 9.17) is 9.62 Å². The molecule has 0 bridgehead atoms. The number of ether oxygens (including phenoxy) is 1. The molecule has 2 rings (SSSR count). The molecular formula is C18H18Br2O4. The summed E-state index contributed by atoms with van der Waals surface area (Å²) in [6, 6.07) is 14.0. The van der Waals surface area contributed by atoms with E-state index in [-0.39, 0.29) is 6.61 Å². The van der Waals surface area contributed by atoms with Gasteiger partial charge in [-0.3, -0.25) is 0 Å². The van der Waals surface area contributed by atoms with Crippen molar-refractivity contribution >= 4 is 37.8 Å². The largest absolute Gasteiger partial charge is 0.463 e. The second-order valence-electron chi connectivity index (χ2n) is 5.28. The third-order valence-corrected chi connectivity index (χ3v) is 4.71. The van der Waals surface area contributed by atoms with E-state index in [2.05, 4.69) is 31.9 Å². The zero-order valence-electron chi connectivity index (χ0n) is 13.2. The van der Waals surface area contributed by atoms with Crippen LogP contribution in [0, 0.1) is 0 Å². The highest BCUT2D eigenvalue weighted by Gasteiger charge is 2.46. The summed E-state index contributed by atoms with van der Waals surface area (Å²) in [5.41, 5.74) is -0.760. The van der Waals surface area contributed by atoms with E-state index in [0.29, 0.717) is 11.1 Å². The third-order valence-electron chi connectivity index (χ3n) is 3.66. The van der Waals surface area contributed by atoms with Gasteiger partial charge in [0.05, 0.1) is 6.61 Å². The van der Waals surface area contributed by atoms with Crippen LogP contribution in [0.1, 0.15) is 30.9 Å². The van der Waals surface area contributed by atoms with Gasteiger partial charge in [-0.25, -0.2) is 14.9 Å². The minimum atomic E-state index is -1.73. The Hall–Kier alpha value is -1.21. The third kappa shape index (κ3) is 4.06. The molecule has 6 heteroatoms. The van der Waals surface area contributed by atoms with Crippen molar-refractivity contribution < 1.29 is 19.7 Å². The Kier molecular flexibility index (Phi) is 6.98. The Labute approximate surface area is 158 Å². The molecule has 0 aromatic heterocycles. The summed E-state index contributed by atoms with van der Waals surface area (Å²) in [5.74, 6) is -0.650. The number of esters is 1. The number of hydrogen-bond acceptors (Lipinski definition) is 4. The highest BCUT2D eigenvalue weighted by molar-refractivity contribution is 9.10. The van der Waals surface area contributed by atoms with Crippen molar-refractivity contribution in [2.24, 2.45) is 0 Å². The molecule has 24 heavy (non-hydrogen) atoms. The molecule has 0 spiro atoms. The lowest BCUT2D eigenvalue weighted by atomic mass is 9.86. The molecule has 0 aliphatic carbocycles. The maximum atomic E-state index is 12.8. The van der Waals surface area contributed by atoms with E-state index in [1.807, 2.05) is 6.92 Å². The van der Waals surface area contributed by atoms with Crippen LogP contribution < -0.4 is 0 Å². The van der Waals surface area contributed by atoms with Gasteiger partial charge in [0, 0.05) is 20.1 Å². The second kappa shape index (κ2) is 8.76. The van der Waals surface area contributed by atoms with E-state index in [1.54, 1.807) is 48.5 Å². The van der Waals surface area contributed by atoms with Gasteiger partial charge in [0.2, 0.25) is 5.60 Å². The molecule has 2 aromatic rings. The number of hydrogen-bond donors (Lipinski definition) is 1. The van der Waals surface area contributed by atoms with Gasteiger partial charge in [0.15, 0.2) is 0 Å². The van der Waals surface area contributed by atoms with Crippen LogP contribution in [0.2, 0.25) is 0 Å². The fourth-order valence-electron chi connectivity index (χ4n) is 2.33. The number of unbranched alkanes of at least 4 members (excludes halogenated alkanes) is 1. The van der Waals surface area contributed by atoms with Gasteiger partial charge in [-0.15, -0.1) is 0 Å². The SMILES string of the molecule is CCCCOC(=O)C(OO)(c1ccc(Br)cc1)c1ccc(Br)cc1. The molecule has 4 nitrogen and oxygen atoms in total. The number of benzene rings is 2. The first-order chi connectivity index (χ1) is 11.5. The fraction of sp³-hybridized carbons (Fsp3) is 0.278. The van der Waals surface area contributed by atoms with Crippen LogP contribution in [0.4, 0.5) is 0 Å². The Balaban J connectivity index is 2.51. The number of carbonyl (C=O) groups is 1. The molecule has 0 aliphatic rings. The lowest BCUT2D eigenvalue weighted by Gasteiger charge is -2.29. The Morgan fingerprint density at radius 2 is 1.46 bits per heavy atom. The van der Waals surface area contributed by atoms with E-state index in [1.165, 1.54) is 0 Å². The summed E-state index contributed by atoms with van der Waals surface area (Å²) in [6.07, 6.45) is 1.64. The monoisotopic (exact) mass is 456 g/mol. The fourth-order valence-corrected chi connectivity index (χ4v) is 2.85. The summed E-state index contributed by atoms with van der Waals surface area (Å²) in [5, 5.41) is 9.72. The summed E-state index contributed by atoms with van der Waals surface area (Å²) < 4.78 is 7.07. The molecule has 1 N–H and O–H groups in total. The van der Waals surface area contributed by atoms with Crippen LogP contribution in [0.15, 0.2) is 57.5 Å². The second-order valence-corrected chi connectivity index (χ2v) is 7.11. The van der Waals surface area contributed by atoms with E-state index in [0.717, 1.165) is 21.8 Å². The molecule has 0 atom stereocenters. The first-order valence-corrected chi connectivity index (χ1v) is 9.15. The maximum absolute atomic E-state index is 12.8. The van der Waals surface area contributed by atoms with Crippen LogP contribution in [-0.4, -0.2) is 17.8 Å². The molecular weight excluding hydrogens is 440 g/mol. The van der Waals surface area contributed by atoms with Gasteiger partial charge in [-0.1, -0.05) is 69.5 Å². The van der Waals surface area contributed by atoms with Gasteiger partial charge in [-0.2, -0.15) is 0 Å². The maximum Gasteiger partial charge on any atom is 0.351 e. The standard InChI is InChI=1S/C18H18Br2O4/c1-2-3-12-23-17(21)18(24-22,13-4-8-15(19)9-5-13)14-6-10-16(20)11-7-14/h4-11,22H,2-3,12H2,1H3. The van der Waals surface area contributed by atoms with Gasteiger partial charge in [0.25, 0.3) is 0 Å². The molecule has 0 aliphatic heterocycles. The summed E-state index contributed by atoms with van der Waals surface area (Å²) in [6.45, 7) is 2.28. The van der Waals surface area contributed by atoms with E-state index >= 15 is 0 Å². The average Bonchev–Trinajstić information content (AvgIpc) is 2.59. The smallest absolute Gasteiger partial charge is 0.351 e. The highest BCUT2D eigenvalue weighted by atomic mass is 79.9. The van der Waals surface area contributed by atoms with Gasteiger partial charge < -0.3 is 4.74 Å². The molecule has 0 saturated carbocycles. The lowest BCUT2D eigenvalue weighted by molar-refractivity contribution is -0.311. The van der Waals surface area contributed by atoms with Gasteiger partial charge in [0.1, 0.15) is 0 Å². The molecule has 0 fully saturated rings. The quantitative estimate of drug-likeness (QED) is 0.265. The van der Waals surface area contributed by atoms with Gasteiger partial charge in [-0.05, 0) is 30.7 Å². The Morgan fingerprint density at radius 3 is 1.83 bits per heavy atom. The van der Waals surface area contributed by atoms with Crippen LogP contribution in [0.5, 0.6) is 0 Å². The minimum absolute atomic E-state index is 0.271. The zero-order chi connectivity index (χ0) is 17.6. The molecule has 0 heterocycles. The van der Waals surface area contributed by atoms with Crippen molar-refractivity contribution in [2.45, 2.75) is 25.4 Å². The highest BCUT2D eigenvalue weighted by Crippen LogP contribution is 2.36. The summed E-state index contributed by atoms with van der Waals surface area (Å²) in [4.78, 5) is 17.6. The van der Waals surface area contributed by atoms with Crippen LogP contribution in [0.25, 0.3) is 0 Å². The van der Waals surface area contributed by atoms with Gasteiger partial charge >= 0.3 is 5.97 Å². The number of rotatable bonds is 7. The van der Waals surface area contributed by atoms with Crippen LogP contribution in [0.3, 0.4) is 0 Å². The topological polar surface area (TPSA) is 55.8 Å². The number of carbonyl (C=O) groups excluding carboxylic acids is 1. The van der Waals surface area contributed by atoms with Crippen molar-refractivity contribution in [3.8, 4) is 0 Å². The van der Waals surface area contributed by atoms with Crippen molar-refractivity contribution in [2.75, 3.05) is 6.61 Å². The summed E-state index contributed by atoms with van der Waals surface area (Å²) >= 11 is 6.73. The molecule has 2 aromatic carbocycles. The first-order valence-electron chi connectivity index (χ1n) is 7.56. The van der Waals surface area contributed by atoms with Crippen molar-refractivity contribution in [3.63, 3.8) is 0 Å². The van der Waals surface area contributed by atoms with Crippen molar-refractivity contribution in [1.82, 2.24) is 0 Å². The number of halogens is 2. The zero-order valence-corrected chi connectivity index (χ0v) is 16.3. The molecule has 0 amide bonds. The first kappa shape index (κ1) is 19.1. The van der Waals surface area contributed by atoms with Crippen LogP contribution >= 0.6 is 31.9 Å². The molecule has 0 radical (unpaired) electrons. The predicted molar refractivity (Wildman–Crippen MR) is 98.6 cm³/mol. The molecule has 0 unspecified atom stereocenters. The lowest BCUT2D eigenvalue weighted by Crippen LogP contribution is -2.41. The van der Waals surface area contributed by atoms with Crippen molar-refractivity contribution in [3.05, 3.63) is 68.6 Å². The Bertz CT molecular complexity index is 623. The normalized spacial score (nSPS) is 11.3. The summed E-state index contributed by atoms with van der Waals surface area (Å²) in [7, 11) is 0. The molecule has 128 valence electrons. The predicted octanol–water partition coefficient (Wildman–Crippen LogP) is 5.29. The average molecular weight is 458 g/mol. The van der Waals surface area contributed by atoms with E-state index < -0.39 is 11.6 Å². The van der Waals surface area contributed by atoms with E-state index in [9.17, 15) is 10.1 Å². The minimum Gasteiger partial charge on any atom is -0.463 e. The molecule has 0 saturated heterocycles.